The third kappa shape index (κ3) is 6.46. The lowest BCUT2D eigenvalue weighted by Gasteiger charge is -2.24. The Bertz CT molecular complexity index is 1830. The van der Waals surface area contributed by atoms with E-state index in [1.807, 2.05) is 44.2 Å². The van der Waals surface area contributed by atoms with Crippen LogP contribution in [0.5, 0.6) is 17.2 Å². The fourth-order valence-corrected chi connectivity index (χ4v) is 5.17. The van der Waals surface area contributed by atoms with Crippen LogP contribution in [0, 0.1) is 6.92 Å². The van der Waals surface area contributed by atoms with Crippen molar-refractivity contribution in [3.63, 3.8) is 0 Å². The van der Waals surface area contributed by atoms with Crippen LogP contribution >= 0.6 is 0 Å². The molecule has 0 spiro atoms. The number of rotatable bonds is 10. The summed E-state index contributed by atoms with van der Waals surface area (Å²) in [5, 5.41) is 20.1. The van der Waals surface area contributed by atoms with Crippen LogP contribution in [0.1, 0.15) is 28.5 Å². The quantitative estimate of drug-likeness (QED) is 0.166. The Labute approximate surface area is 250 Å². The van der Waals surface area contributed by atoms with E-state index in [0.717, 1.165) is 29.1 Å². The van der Waals surface area contributed by atoms with E-state index >= 15 is 0 Å². The molecule has 0 aliphatic rings. The third-order valence-corrected chi connectivity index (χ3v) is 6.91. The van der Waals surface area contributed by atoms with Gasteiger partial charge in [-0.1, -0.05) is 12.1 Å². The summed E-state index contributed by atoms with van der Waals surface area (Å²) in [7, 11) is 0. The Morgan fingerprint density at radius 1 is 0.841 bits per heavy atom. The number of aliphatic carboxylic acids is 1. The van der Waals surface area contributed by atoms with Gasteiger partial charge in [0.15, 0.2) is 0 Å². The molecular weight excluding hydrogens is 577 g/mol. The number of carboxylic acid groups (broad SMARTS) is 2. The summed E-state index contributed by atoms with van der Waals surface area (Å²) >= 11 is 0. The van der Waals surface area contributed by atoms with Crippen molar-refractivity contribution in [2.45, 2.75) is 26.6 Å². The van der Waals surface area contributed by atoms with E-state index in [1.54, 1.807) is 28.8 Å². The highest BCUT2D eigenvalue weighted by Gasteiger charge is 2.31. The average Bonchev–Trinajstić information content (AvgIpc) is 3.26. The molecule has 2 N–H and O–H groups in total. The highest BCUT2D eigenvalue weighted by atomic mass is 19.4. The molecule has 1 aromatic heterocycles. The number of alkyl halides is 3. The molecule has 0 saturated heterocycles. The van der Waals surface area contributed by atoms with Gasteiger partial charge in [0.1, 0.15) is 17.2 Å². The Balaban J connectivity index is 1.55. The zero-order chi connectivity index (χ0) is 31.6. The number of halogens is 3. The number of hydrogen-bond acceptors (Lipinski definition) is 5. The van der Waals surface area contributed by atoms with Gasteiger partial charge in [-0.15, -0.1) is 13.2 Å². The van der Waals surface area contributed by atoms with Crippen LogP contribution in [-0.2, 0) is 11.2 Å². The van der Waals surface area contributed by atoms with Gasteiger partial charge >= 0.3 is 18.3 Å². The molecule has 0 aliphatic heterocycles. The van der Waals surface area contributed by atoms with E-state index in [-0.39, 0.29) is 28.1 Å². The van der Waals surface area contributed by atoms with Gasteiger partial charge in [0.25, 0.3) is 0 Å². The van der Waals surface area contributed by atoms with Crippen molar-refractivity contribution >= 4 is 34.2 Å². The molecule has 0 unspecified atom stereocenters. The van der Waals surface area contributed by atoms with Crippen LogP contribution in [0.25, 0.3) is 16.6 Å². The number of ether oxygens (including phenoxy) is 2. The molecule has 0 aliphatic carbocycles. The third-order valence-electron chi connectivity index (χ3n) is 6.91. The summed E-state index contributed by atoms with van der Waals surface area (Å²) in [5.41, 5.74) is 3.92. The van der Waals surface area contributed by atoms with Crippen molar-refractivity contribution in [3.05, 3.63) is 108 Å². The Morgan fingerprint density at radius 2 is 1.50 bits per heavy atom. The molecule has 11 heteroatoms. The first kappa shape index (κ1) is 30.0. The molecule has 226 valence electrons. The topological polar surface area (TPSA) is 101 Å². The second-order valence-electron chi connectivity index (χ2n) is 9.93. The summed E-state index contributed by atoms with van der Waals surface area (Å²) in [4.78, 5) is 26.5. The van der Waals surface area contributed by atoms with E-state index in [2.05, 4.69) is 15.7 Å². The molecule has 1 heterocycles. The number of nitrogens with zero attached hydrogens (tertiary/aromatic N) is 2. The fraction of sp³-hybridized carbons (Fsp3) is 0.152. The number of carboxylic acids is 2. The summed E-state index contributed by atoms with van der Waals surface area (Å²) in [5.74, 6) is -2.55. The first-order valence-electron chi connectivity index (χ1n) is 13.5. The van der Waals surface area contributed by atoms with E-state index in [0.29, 0.717) is 17.7 Å². The summed E-state index contributed by atoms with van der Waals surface area (Å²) < 4.78 is 48.7. The van der Waals surface area contributed by atoms with E-state index in [4.69, 9.17) is 4.74 Å². The monoisotopic (exact) mass is 604 g/mol. The molecule has 5 rings (SSSR count). The highest BCUT2D eigenvalue weighted by Crippen LogP contribution is 2.36. The summed E-state index contributed by atoms with van der Waals surface area (Å²) in [6.45, 7) is 4.74. The van der Waals surface area contributed by atoms with Gasteiger partial charge in [0.2, 0.25) is 0 Å². The minimum absolute atomic E-state index is 0.0737. The number of carbonyl (C=O) groups is 2. The molecule has 5 aromatic rings. The largest absolute Gasteiger partial charge is 0.573 e. The lowest BCUT2D eigenvalue weighted by Crippen LogP contribution is -2.16. The molecule has 44 heavy (non-hydrogen) atoms. The van der Waals surface area contributed by atoms with Crippen LogP contribution in [-0.4, -0.2) is 39.6 Å². The molecular formula is C33H27F3N2O6. The Kier molecular flexibility index (Phi) is 8.21. The highest BCUT2D eigenvalue weighted by molar-refractivity contribution is 6.07. The Morgan fingerprint density at radius 3 is 2.09 bits per heavy atom. The smallest absolute Gasteiger partial charge is 0.481 e. The molecule has 0 fully saturated rings. The number of benzene rings is 4. The van der Waals surface area contributed by atoms with Crippen LogP contribution in [0.3, 0.4) is 0 Å². The van der Waals surface area contributed by atoms with Gasteiger partial charge in [-0.05, 0) is 98.3 Å². The average molecular weight is 605 g/mol. The van der Waals surface area contributed by atoms with Gasteiger partial charge in [-0.25, -0.2) is 4.79 Å². The Hall–Kier alpha value is -5.45. The van der Waals surface area contributed by atoms with Crippen molar-refractivity contribution in [1.82, 2.24) is 4.57 Å². The van der Waals surface area contributed by atoms with Gasteiger partial charge in [0.05, 0.1) is 17.5 Å². The minimum atomic E-state index is -4.84. The molecule has 0 radical (unpaired) electrons. The van der Waals surface area contributed by atoms with Crippen LogP contribution in [0.2, 0.25) is 0 Å². The number of aromatic nitrogens is 1. The molecule has 4 aromatic carbocycles. The van der Waals surface area contributed by atoms with Crippen molar-refractivity contribution in [3.8, 4) is 22.9 Å². The van der Waals surface area contributed by atoms with Crippen molar-refractivity contribution in [1.29, 1.82) is 0 Å². The molecule has 0 saturated carbocycles. The van der Waals surface area contributed by atoms with Crippen molar-refractivity contribution in [2.75, 3.05) is 11.4 Å². The zero-order valence-electron chi connectivity index (χ0n) is 23.6. The van der Waals surface area contributed by atoms with E-state index in [9.17, 15) is 33.0 Å². The second kappa shape index (κ2) is 12.0. The number of hydrogen-bond donors (Lipinski definition) is 2. The second-order valence-corrected chi connectivity index (χ2v) is 9.93. The molecule has 8 nitrogen and oxygen atoms in total. The maximum atomic E-state index is 12.5. The number of aromatic carboxylic acids is 1. The normalized spacial score (nSPS) is 11.4. The number of anilines is 2. The predicted molar refractivity (Wildman–Crippen MR) is 159 cm³/mol. The van der Waals surface area contributed by atoms with Crippen LogP contribution in [0.15, 0.2) is 91.0 Å². The number of fused-ring (bicyclic) bond motifs is 1. The maximum absolute atomic E-state index is 12.5. The first-order valence-corrected chi connectivity index (χ1v) is 13.5. The lowest BCUT2D eigenvalue weighted by atomic mass is 10.1. The first-order chi connectivity index (χ1) is 20.9. The molecule has 0 atom stereocenters. The summed E-state index contributed by atoms with van der Waals surface area (Å²) in [6, 6.07) is 24.9. The van der Waals surface area contributed by atoms with Crippen LogP contribution in [0.4, 0.5) is 24.5 Å². The van der Waals surface area contributed by atoms with E-state index < -0.39 is 30.5 Å². The fourth-order valence-electron chi connectivity index (χ4n) is 5.17. The van der Waals surface area contributed by atoms with Gasteiger partial charge < -0.3 is 29.2 Å². The summed E-state index contributed by atoms with van der Waals surface area (Å²) in [6.07, 6.45) is -5.39. The standard InChI is InChI=1S/C33H27F3N2O6/c1-3-37(23-6-4-5-20(2)17-23)21-7-9-22(10-8-21)38-28-16-15-26(18-27(28)31(32(41)42)29(38)19-30(39)40)43-24-11-13-25(14-12-24)44-33(34,35)36/h4-18H,3,19H2,1-2H3,(H,39,40)(H,41,42). The maximum Gasteiger partial charge on any atom is 0.573 e. The van der Waals surface area contributed by atoms with Gasteiger partial charge in [-0.2, -0.15) is 0 Å². The van der Waals surface area contributed by atoms with Crippen LogP contribution < -0.4 is 14.4 Å². The minimum Gasteiger partial charge on any atom is -0.481 e. The van der Waals surface area contributed by atoms with Gasteiger partial charge in [0, 0.05) is 34.7 Å². The predicted octanol–water partition coefficient (Wildman–Crippen LogP) is 8.11. The molecule has 0 bridgehead atoms. The lowest BCUT2D eigenvalue weighted by molar-refractivity contribution is -0.274. The molecule has 0 amide bonds. The van der Waals surface area contributed by atoms with Gasteiger partial charge in [-0.3, -0.25) is 4.79 Å². The van der Waals surface area contributed by atoms with Crippen molar-refractivity contribution in [2.24, 2.45) is 0 Å². The van der Waals surface area contributed by atoms with E-state index in [1.165, 1.54) is 18.2 Å². The van der Waals surface area contributed by atoms with Crippen molar-refractivity contribution < 1.29 is 42.4 Å². The SMILES string of the molecule is CCN(c1ccc(-n2c(CC(=O)O)c(C(=O)O)c3cc(Oc4ccc(OC(F)(F)F)cc4)ccc32)cc1)c1cccc(C)c1. The number of aryl methyl sites for hydroxylation is 1. The zero-order valence-corrected chi connectivity index (χ0v) is 23.6.